The molecule has 1 N–H and O–H groups in total. The van der Waals surface area contributed by atoms with Crippen LogP contribution in [0, 0.1) is 0 Å². The van der Waals surface area contributed by atoms with Gasteiger partial charge in [0.05, 0.1) is 13.2 Å². The van der Waals surface area contributed by atoms with Gasteiger partial charge in [0, 0.05) is 37.9 Å². The van der Waals surface area contributed by atoms with E-state index >= 15 is 0 Å². The first-order valence-electron chi connectivity index (χ1n) is 9.63. The number of aromatic nitrogens is 2. The minimum absolute atomic E-state index is 0.189. The number of carbonyl (C=O) groups excluding carboxylic acids is 2. The first kappa shape index (κ1) is 20.4. The molecular formula is C20H25N5O4. The highest BCUT2D eigenvalue weighted by molar-refractivity contribution is 5.93. The van der Waals surface area contributed by atoms with E-state index in [0.717, 1.165) is 11.4 Å². The molecule has 154 valence electrons. The van der Waals surface area contributed by atoms with Gasteiger partial charge >= 0.3 is 6.09 Å². The predicted molar refractivity (Wildman–Crippen MR) is 107 cm³/mol. The Hall–Kier alpha value is -3.36. The molecule has 0 atom stereocenters. The van der Waals surface area contributed by atoms with Crippen molar-refractivity contribution >= 4 is 23.5 Å². The standard InChI is InChI=1S/C20H25N5O4/c1-3-28-16-7-5-15(6-8-16)23-18-13-17(21-14-22-18)19(26)24-9-11-25(12-10-24)20(27)29-4-2/h5-8,13-14H,3-4,9-12H2,1-2H3,(H,21,22,23). The van der Waals surface area contributed by atoms with Crippen molar-refractivity contribution in [3.05, 3.63) is 42.4 Å². The normalized spacial score (nSPS) is 13.7. The van der Waals surface area contributed by atoms with E-state index < -0.39 is 0 Å². The van der Waals surface area contributed by atoms with Gasteiger partial charge in [-0.1, -0.05) is 0 Å². The van der Waals surface area contributed by atoms with Crippen LogP contribution in [0.1, 0.15) is 24.3 Å². The average Bonchev–Trinajstić information content (AvgIpc) is 2.75. The van der Waals surface area contributed by atoms with Gasteiger partial charge in [-0.2, -0.15) is 0 Å². The molecule has 1 aromatic carbocycles. The second-order valence-corrected chi connectivity index (χ2v) is 6.35. The largest absolute Gasteiger partial charge is 0.494 e. The molecule has 3 rings (SSSR count). The Kier molecular flexibility index (Phi) is 6.83. The van der Waals surface area contributed by atoms with Crippen LogP contribution in [0.25, 0.3) is 0 Å². The second-order valence-electron chi connectivity index (χ2n) is 6.35. The van der Waals surface area contributed by atoms with Crippen molar-refractivity contribution in [3.8, 4) is 5.75 Å². The number of ether oxygens (including phenoxy) is 2. The third kappa shape index (κ3) is 5.34. The lowest BCUT2D eigenvalue weighted by molar-refractivity contribution is 0.0566. The first-order chi connectivity index (χ1) is 14.1. The second kappa shape index (κ2) is 9.72. The number of piperazine rings is 1. The summed E-state index contributed by atoms with van der Waals surface area (Å²) in [4.78, 5) is 36.1. The maximum atomic E-state index is 12.8. The van der Waals surface area contributed by atoms with E-state index in [2.05, 4.69) is 15.3 Å². The summed E-state index contributed by atoms with van der Waals surface area (Å²) >= 11 is 0. The lowest BCUT2D eigenvalue weighted by Crippen LogP contribution is -2.50. The molecule has 1 fully saturated rings. The molecule has 2 heterocycles. The van der Waals surface area contributed by atoms with Crippen LogP contribution < -0.4 is 10.1 Å². The zero-order valence-corrected chi connectivity index (χ0v) is 16.6. The van der Waals surface area contributed by atoms with Crippen LogP contribution in [0.4, 0.5) is 16.3 Å². The van der Waals surface area contributed by atoms with Crippen LogP contribution in [0.5, 0.6) is 5.75 Å². The molecule has 1 saturated heterocycles. The highest BCUT2D eigenvalue weighted by atomic mass is 16.6. The summed E-state index contributed by atoms with van der Waals surface area (Å²) in [7, 11) is 0. The Morgan fingerprint density at radius 3 is 2.34 bits per heavy atom. The fourth-order valence-corrected chi connectivity index (χ4v) is 2.96. The van der Waals surface area contributed by atoms with Crippen molar-refractivity contribution in [3.63, 3.8) is 0 Å². The SMILES string of the molecule is CCOC(=O)N1CCN(C(=O)c2cc(Nc3ccc(OCC)cc3)ncn2)CC1. The molecule has 1 aliphatic rings. The van der Waals surface area contributed by atoms with Gasteiger partial charge in [0.2, 0.25) is 0 Å². The van der Waals surface area contributed by atoms with Gasteiger partial charge in [-0.05, 0) is 38.1 Å². The van der Waals surface area contributed by atoms with E-state index in [9.17, 15) is 9.59 Å². The van der Waals surface area contributed by atoms with Gasteiger partial charge in [0.1, 0.15) is 23.6 Å². The molecule has 0 unspecified atom stereocenters. The monoisotopic (exact) mass is 399 g/mol. The van der Waals surface area contributed by atoms with E-state index in [0.29, 0.717) is 50.9 Å². The number of nitrogens with one attached hydrogen (secondary N) is 1. The van der Waals surface area contributed by atoms with Crippen molar-refractivity contribution in [2.45, 2.75) is 13.8 Å². The molecule has 2 amide bonds. The van der Waals surface area contributed by atoms with Gasteiger partial charge in [0.15, 0.2) is 0 Å². The molecular weight excluding hydrogens is 374 g/mol. The molecule has 1 aliphatic heterocycles. The molecule has 0 spiro atoms. The van der Waals surface area contributed by atoms with E-state index in [1.807, 2.05) is 31.2 Å². The third-order valence-corrected chi connectivity index (χ3v) is 4.42. The van der Waals surface area contributed by atoms with Crippen molar-refractivity contribution in [2.24, 2.45) is 0 Å². The fraction of sp³-hybridized carbons (Fsp3) is 0.400. The molecule has 9 heteroatoms. The smallest absolute Gasteiger partial charge is 0.409 e. The van der Waals surface area contributed by atoms with Crippen LogP contribution in [-0.2, 0) is 4.74 Å². The third-order valence-electron chi connectivity index (χ3n) is 4.42. The molecule has 1 aromatic heterocycles. The predicted octanol–water partition coefficient (Wildman–Crippen LogP) is 2.53. The Morgan fingerprint density at radius 2 is 1.69 bits per heavy atom. The van der Waals surface area contributed by atoms with Gasteiger partial charge in [-0.3, -0.25) is 4.79 Å². The number of hydrogen-bond donors (Lipinski definition) is 1. The minimum atomic E-state index is -0.344. The number of amides is 2. The maximum Gasteiger partial charge on any atom is 0.409 e. The topological polar surface area (TPSA) is 96.9 Å². The summed E-state index contributed by atoms with van der Waals surface area (Å²) in [5.41, 5.74) is 1.13. The molecule has 9 nitrogen and oxygen atoms in total. The van der Waals surface area contributed by atoms with Crippen LogP contribution in [0.2, 0.25) is 0 Å². The number of hydrogen-bond acceptors (Lipinski definition) is 7. The van der Waals surface area contributed by atoms with Crippen LogP contribution in [-0.4, -0.2) is 71.2 Å². The molecule has 0 saturated carbocycles. The molecule has 0 radical (unpaired) electrons. The maximum absolute atomic E-state index is 12.8. The number of carbonyl (C=O) groups is 2. The van der Waals surface area contributed by atoms with Crippen molar-refractivity contribution < 1.29 is 19.1 Å². The van der Waals surface area contributed by atoms with Crippen LogP contribution in [0.3, 0.4) is 0 Å². The van der Waals surface area contributed by atoms with Gasteiger partial charge < -0.3 is 24.6 Å². The van der Waals surface area contributed by atoms with E-state index in [1.54, 1.807) is 22.8 Å². The Balaban J connectivity index is 1.60. The highest BCUT2D eigenvalue weighted by Gasteiger charge is 2.26. The first-order valence-corrected chi connectivity index (χ1v) is 9.63. The summed E-state index contributed by atoms with van der Waals surface area (Å²) in [5.74, 6) is 1.13. The average molecular weight is 399 g/mol. The Labute approximate surface area is 169 Å². The number of anilines is 2. The van der Waals surface area contributed by atoms with E-state index in [-0.39, 0.29) is 12.0 Å². The minimum Gasteiger partial charge on any atom is -0.494 e. The van der Waals surface area contributed by atoms with Gasteiger partial charge in [0.25, 0.3) is 5.91 Å². The fourth-order valence-electron chi connectivity index (χ4n) is 2.96. The quantitative estimate of drug-likeness (QED) is 0.797. The molecule has 0 bridgehead atoms. The van der Waals surface area contributed by atoms with Crippen molar-refractivity contribution in [1.82, 2.24) is 19.8 Å². The van der Waals surface area contributed by atoms with E-state index in [4.69, 9.17) is 9.47 Å². The number of benzene rings is 1. The van der Waals surface area contributed by atoms with Crippen LogP contribution >= 0.6 is 0 Å². The number of rotatable bonds is 6. The summed E-state index contributed by atoms with van der Waals surface area (Å²) < 4.78 is 10.4. The summed E-state index contributed by atoms with van der Waals surface area (Å²) in [6.45, 7) is 6.39. The number of nitrogens with zero attached hydrogens (tertiary/aromatic N) is 4. The van der Waals surface area contributed by atoms with E-state index in [1.165, 1.54) is 6.33 Å². The lowest BCUT2D eigenvalue weighted by atomic mass is 10.2. The zero-order valence-electron chi connectivity index (χ0n) is 16.6. The van der Waals surface area contributed by atoms with Crippen molar-refractivity contribution in [2.75, 3.05) is 44.7 Å². The summed E-state index contributed by atoms with van der Waals surface area (Å²) in [6, 6.07) is 9.10. The lowest BCUT2D eigenvalue weighted by Gasteiger charge is -2.33. The highest BCUT2D eigenvalue weighted by Crippen LogP contribution is 2.19. The van der Waals surface area contributed by atoms with Crippen LogP contribution in [0.15, 0.2) is 36.7 Å². The zero-order chi connectivity index (χ0) is 20.6. The Morgan fingerprint density at radius 1 is 1.00 bits per heavy atom. The van der Waals surface area contributed by atoms with Gasteiger partial charge in [-0.15, -0.1) is 0 Å². The van der Waals surface area contributed by atoms with Gasteiger partial charge in [-0.25, -0.2) is 14.8 Å². The Bertz CT molecular complexity index is 835. The molecule has 0 aliphatic carbocycles. The molecule has 29 heavy (non-hydrogen) atoms. The molecule has 2 aromatic rings. The van der Waals surface area contributed by atoms with Crippen molar-refractivity contribution in [1.29, 1.82) is 0 Å². The summed E-state index contributed by atoms with van der Waals surface area (Å²) in [5, 5.41) is 3.16. The summed E-state index contributed by atoms with van der Waals surface area (Å²) in [6.07, 6.45) is 1.02.